The summed E-state index contributed by atoms with van der Waals surface area (Å²) in [5.41, 5.74) is 0.710. The van der Waals surface area contributed by atoms with Crippen LogP contribution >= 0.6 is 15.9 Å². The summed E-state index contributed by atoms with van der Waals surface area (Å²) in [7, 11) is 1.43. The van der Waals surface area contributed by atoms with E-state index in [4.69, 9.17) is 4.74 Å². The van der Waals surface area contributed by atoms with Crippen LogP contribution in [-0.2, 0) is 9.53 Å². The number of hydrogen-bond acceptors (Lipinski definition) is 3. The van der Waals surface area contributed by atoms with Crippen molar-refractivity contribution in [2.45, 2.75) is 13.0 Å². The van der Waals surface area contributed by atoms with E-state index in [1.807, 2.05) is 0 Å². The molecule has 0 aromatic carbocycles. The fourth-order valence-electron chi connectivity index (χ4n) is 1.47. The third-order valence-electron chi connectivity index (χ3n) is 2.58. The Hall–Kier alpha value is -1.47. The average Bonchev–Trinajstić information content (AvgIpc) is 2.76. The quantitative estimate of drug-likeness (QED) is 0.914. The number of amides is 1. The number of H-pyrrole nitrogens is 1. The fraction of sp³-hybridized carbons (Fsp3) is 0.273. The number of carbonyl (C=O) groups excluding carboxylic acids is 1. The smallest absolute Gasteiger partial charge is 0.253 e. The van der Waals surface area contributed by atoms with Crippen molar-refractivity contribution in [2.24, 2.45) is 0 Å². The van der Waals surface area contributed by atoms with Gasteiger partial charge in [-0.1, -0.05) is 0 Å². The van der Waals surface area contributed by atoms with Crippen LogP contribution in [0.4, 0.5) is 10.1 Å². The number of nitrogens with zero attached hydrogens (tertiary/aromatic N) is 1. The number of fused-ring (bicyclic) bond motifs is 1. The van der Waals surface area contributed by atoms with E-state index in [0.717, 1.165) is 0 Å². The summed E-state index contributed by atoms with van der Waals surface area (Å²) < 4.78 is 19.1. The van der Waals surface area contributed by atoms with Crippen molar-refractivity contribution in [1.29, 1.82) is 0 Å². The number of ether oxygens (including phenoxy) is 1. The lowest BCUT2D eigenvalue weighted by molar-refractivity contribution is -0.124. The number of aromatic amines is 1. The first-order chi connectivity index (χ1) is 8.54. The Morgan fingerprint density at radius 2 is 2.39 bits per heavy atom. The Balaban J connectivity index is 2.40. The van der Waals surface area contributed by atoms with Gasteiger partial charge in [-0.05, 0) is 22.9 Å². The third-order valence-corrected chi connectivity index (χ3v) is 3.13. The highest BCUT2D eigenvalue weighted by Gasteiger charge is 2.17. The van der Waals surface area contributed by atoms with Crippen LogP contribution in [-0.4, -0.2) is 29.1 Å². The van der Waals surface area contributed by atoms with Crippen LogP contribution in [0.25, 0.3) is 11.0 Å². The molecule has 0 fully saturated rings. The summed E-state index contributed by atoms with van der Waals surface area (Å²) in [6, 6.07) is 0. The molecule has 0 spiro atoms. The van der Waals surface area contributed by atoms with Crippen LogP contribution in [0.15, 0.2) is 16.9 Å². The highest BCUT2D eigenvalue weighted by molar-refractivity contribution is 9.10. The lowest BCUT2D eigenvalue weighted by atomic mass is 10.2. The monoisotopic (exact) mass is 315 g/mol. The van der Waals surface area contributed by atoms with Crippen LogP contribution in [0.3, 0.4) is 0 Å². The number of aromatic nitrogens is 2. The van der Waals surface area contributed by atoms with E-state index in [-0.39, 0.29) is 15.8 Å². The first-order valence-electron chi connectivity index (χ1n) is 5.19. The molecule has 0 saturated heterocycles. The molecule has 0 aliphatic rings. The molecule has 0 aliphatic heterocycles. The molecule has 2 aromatic heterocycles. The molecule has 18 heavy (non-hydrogen) atoms. The number of nitrogens with one attached hydrogen (secondary N) is 2. The van der Waals surface area contributed by atoms with E-state index in [2.05, 4.69) is 31.2 Å². The van der Waals surface area contributed by atoms with Gasteiger partial charge in [0, 0.05) is 19.5 Å². The Labute approximate surface area is 111 Å². The molecule has 1 unspecified atom stereocenters. The van der Waals surface area contributed by atoms with Crippen molar-refractivity contribution in [3.05, 3.63) is 22.7 Å². The molecular formula is C11H11BrFN3O2. The highest BCUT2D eigenvalue weighted by Crippen LogP contribution is 2.28. The molecule has 96 valence electrons. The zero-order valence-corrected chi connectivity index (χ0v) is 11.3. The van der Waals surface area contributed by atoms with E-state index in [1.165, 1.54) is 19.5 Å². The zero-order chi connectivity index (χ0) is 13.3. The second-order valence-corrected chi connectivity index (χ2v) is 4.57. The van der Waals surface area contributed by atoms with E-state index in [0.29, 0.717) is 11.3 Å². The van der Waals surface area contributed by atoms with Gasteiger partial charge in [0.15, 0.2) is 5.82 Å². The SMILES string of the molecule is COC(C)C(=O)Nc1c[nH]c2ncc(Br)c(F)c12. The summed E-state index contributed by atoms with van der Waals surface area (Å²) in [4.78, 5) is 18.5. The topological polar surface area (TPSA) is 67.0 Å². The van der Waals surface area contributed by atoms with Crippen molar-refractivity contribution in [3.63, 3.8) is 0 Å². The lowest BCUT2D eigenvalue weighted by Crippen LogP contribution is -2.26. The molecular weight excluding hydrogens is 305 g/mol. The van der Waals surface area contributed by atoms with Gasteiger partial charge < -0.3 is 15.0 Å². The Morgan fingerprint density at radius 3 is 3.06 bits per heavy atom. The average molecular weight is 316 g/mol. The minimum absolute atomic E-state index is 0.237. The van der Waals surface area contributed by atoms with Crippen LogP contribution in [0.5, 0.6) is 0 Å². The second kappa shape index (κ2) is 5.03. The van der Waals surface area contributed by atoms with E-state index in [9.17, 15) is 9.18 Å². The number of hydrogen-bond donors (Lipinski definition) is 2. The third kappa shape index (κ3) is 2.23. The minimum atomic E-state index is -0.613. The molecule has 5 nitrogen and oxygen atoms in total. The number of halogens is 2. The van der Waals surface area contributed by atoms with E-state index >= 15 is 0 Å². The van der Waals surface area contributed by atoms with E-state index < -0.39 is 11.9 Å². The Morgan fingerprint density at radius 1 is 1.67 bits per heavy atom. The summed E-state index contributed by atoms with van der Waals surface area (Å²) in [6.45, 7) is 1.61. The first-order valence-corrected chi connectivity index (χ1v) is 5.98. The van der Waals surface area contributed by atoms with Crippen molar-refractivity contribution in [3.8, 4) is 0 Å². The highest BCUT2D eigenvalue weighted by atomic mass is 79.9. The Kier molecular flexibility index (Phi) is 3.63. The largest absolute Gasteiger partial charge is 0.372 e. The number of methoxy groups -OCH3 is 1. The van der Waals surface area contributed by atoms with Gasteiger partial charge in [0.1, 0.15) is 11.8 Å². The van der Waals surface area contributed by atoms with Crippen LogP contribution in [0.2, 0.25) is 0 Å². The molecule has 2 heterocycles. The predicted molar refractivity (Wildman–Crippen MR) is 68.9 cm³/mol. The van der Waals surface area contributed by atoms with Crippen molar-refractivity contribution < 1.29 is 13.9 Å². The molecule has 7 heteroatoms. The molecule has 2 aromatic rings. The van der Waals surface area contributed by atoms with Crippen LogP contribution < -0.4 is 5.32 Å². The summed E-state index contributed by atoms with van der Waals surface area (Å²) in [5.74, 6) is -0.820. The molecule has 1 amide bonds. The van der Waals surface area contributed by atoms with Gasteiger partial charge >= 0.3 is 0 Å². The molecule has 0 bridgehead atoms. The normalized spacial score (nSPS) is 12.7. The standard InChI is InChI=1S/C11H11BrFN3O2/c1-5(18-2)11(17)16-7-4-15-10-8(7)9(13)6(12)3-14-10/h3-5H,1-2H3,(H,14,15)(H,16,17). The van der Waals surface area contributed by atoms with Crippen molar-refractivity contribution >= 4 is 38.6 Å². The van der Waals surface area contributed by atoms with Gasteiger partial charge in [0.2, 0.25) is 0 Å². The molecule has 1 atom stereocenters. The number of anilines is 1. The van der Waals surface area contributed by atoms with Crippen LogP contribution in [0.1, 0.15) is 6.92 Å². The second-order valence-electron chi connectivity index (χ2n) is 3.71. The summed E-state index contributed by atoms with van der Waals surface area (Å²) in [5, 5.41) is 2.82. The predicted octanol–water partition coefficient (Wildman–Crippen LogP) is 2.44. The van der Waals surface area contributed by atoms with Gasteiger partial charge in [0.25, 0.3) is 5.91 Å². The Bertz CT molecular complexity index is 599. The van der Waals surface area contributed by atoms with E-state index in [1.54, 1.807) is 6.92 Å². The molecule has 0 aliphatic carbocycles. The zero-order valence-electron chi connectivity index (χ0n) is 9.75. The van der Waals surface area contributed by atoms with Gasteiger partial charge in [-0.25, -0.2) is 9.37 Å². The van der Waals surface area contributed by atoms with Gasteiger partial charge in [-0.15, -0.1) is 0 Å². The maximum atomic E-state index is 13.9. The molecule has 0 radical (unpaired) electrons. The number of pyridine rings is 1. The number of rotatable bonds is 3. The maximum Gasteiger partial charge on any atom is 0.253 e. The van der Waals surface area contributed by atoms with Crippen LogP contribution in [0, 0.1) is 5.82 Å². The first kappa shape index (κ1) is 13.0. The van der Waals surface area contributed by atoms with Gasteiger partial charge in [0.05, 0.1) is 15.5 Å². The fourth-order valence-corrected chi connectivity index (χ4v) is 1.77. The maximum absolute atomic E-state index is 13.9. The van der Waals surface area contributed by atoms with Gasteiger partial charge in [-0.3, -0.25) is 4.79 Å². The molecule has 0 saturated carbocycles. The summed E-state index contributed by atoms with van der Waals surface area (Å²) in [6.07, 6.45) is 2.24. The molecule has 2 rings (SSSR count). The van der Waals surface area contributed by atoms with Gasteiger partial charge in [-0.2, -0.15) is 0 Å². The molecule has 2 N–H and O–H groups in total. The van der Waals surface area contributed by atoms with Crippen molar-refractivity contribution in [1.82, 2.24) is 9.97 Å². The minimum Gasteiger partial charge on any atom is -0.372 e. The number of carbonyl (C=O) groups is 1. The summed E-state index contributed by atoms with van der Waals surface area (Å²) >= 11 is 3.06. The van der Waals surface area contributed by atoms with Crippen molar-refractivity contribution in [2.75, 3.05) is 12.4 Å². The lowest BCUT2D eigenvalue weighted by Gasteiger charge is -2.09.